The number of aliphatic hydroxyl groups excluding tert-OH is 3. The summed E-state index contributed by atoms with van der Waals surface area (Å²) in [4.78, 5) is 29.4. The van der Waals surface area contributed by atoms with Gasteiger partial charge in [0.2, 0.25) is 5.91 Å². The molecule has 0 spiro atoms. The highest BCUT2D eigenvalue weighted by molar-refractivity contribution is 5.88. The van der Waals surface area contributed by atoms with Gasteiger partial charge in [0.1, 0.15) is 43.1 Å². The number of para-hydroxylation sites is 1. The van der Waals surface area contributed by atoms with Gasteiger partial charge in [0.25, 0.3) is 0 Å². The maximum atomic E-state index is 13.1. The van der Waals surface area contributed by atoms with Crippen molar-refractivity contribution in [3.8, 4) is 0 Å². The minimum absolute atomic E-state index is 0.0114. The van der Waals surface area contributed by atoms with Crippen molar-refractivity contribution in [3.63, 3.8) is 0 Å². The number of fused-ring (bicyclic) bond motifs is 1. The first-order chi connectivity index (χ1) is 17.8. The number of esters is 1. The largest absolute Gasteiger partial charge is 0.459 e. The summed E-state index contributed by atoms with van der Waals surface area (Å²) in [5, 5.41) is 34.1. The summed E-state index contributed by atoms with van der Waals surface area (Å²) < 4.78 is 11.0. The quantitative estimate of drug-likeness (QED) is 0.177. The molecule has 198 valence electrons. The van der Waals surface area contributed by atoms with Crippen LogP contribution in [-0.2, 0) is 32.1 Å². The van der Waals surface area contributed by atoms with Gasteiger partial charge in [-0.2, -0.15) is 0 Å². The molecule has 9 N–H and O–H groups in total. The number of rotatable bonds is 9. The first kappa shape index (κ1) is 26.7. The Labute approximate surface area is 213 Å². The van der Waals surface area contributed by atoms with E-state index in [2.05, 4.69) is 10.3 Å². The van der Waals surface area contributed by atoms with Crippen molar-refractivity contribution in [1.82, 2.24) is 10.3 Å². The van der Waals surface area contributed by atoms with Gasteiger partial charge in [-0.3, -0.25) is 4.79 Å². The fourth-order valence-corrected chi connectivity index (χ4v) is 4.37. The molecule has 2 aromatic carbocycles. The maximum absolute atomic E-state index is 13.1. The Balaban J connectivity index is 1.50. The van der Waals surface area contributed by atoms with E-state index in [-0.39, 0.29) is 19.6 Å². The third-order valence-corrected chi connectivity index (χ3v) is 6.47. The number of aromatic nitrogens is 1. The predicted molar refractivity (Wildman–Crippen MR) is 134 cm³/mol. The van der Waals surface area contributed by atoms with E-state index in [1.807, 2.05) is 60.7 Å². The smallest absolute Gasteiger partial charge is 0.329 e. The highest BCUT2D eigenvalue weighted by Crippen LogP contribution is 2.23. The monoisotopic (exact) mass is 512 g/mol. The number of nitrogens with one attached hydrogen (secondary N) is 2. The van der Waals surface area contributed by atoms with Crippen LogP contribution < -0.4 is 16.8 Å². The third kappa shape index (κ3) is 6.16. The molecule has 0 bridgehead atoms. The molecule has 0 aliphatic carbocycles. The van der Waals surface area contributed by atoms with Crippen LogP contribution in [0.2, 0.25) is 0 Å². The maximum Gasteiger partial charge on any atom is 0.329 e. The average Bonchev–Trinajstić information content (AvgIpc) is 3.33. The first-order valence-corrected chi connectivity index (χ1v) is 12.0. The zero-order chi connectivity index (χ0) is 26.5. The number of aromatic amines is 1. The van der Waals surface area contributed by atoms with Gasteiger partial charge in [0.05, 0.1) is 6.10 Å². The Hall–Kier alpha value is -3.32. The summed E-state index contributed by atoms with van der Waals surface area (Å²) in [6.07, 6.45) is -6.99. The van der Waals surface area contributed by atoms with E-state index in [1.54, 1.807) is 0 Å². The molecule has 4 rings (SSSR count). The summed E-state index contributed by atoms with van der Waals surface area (Å²) in [6, 6.07) is 16.0. The lowest BCUT2D eigenvalue weighted by Crippen LogP contribution is -2.66. The molecular weight excluding hydrogens is 480 g/mol. The average molecular weight is 513 g/mol. The van der Waals surface area contributed by atoms with E-state index in [0.29, 0.717) is 5.69 Å². The van der Waals surface area contributed by atoms with Crippen LogP contribution in [0.5, 0.6) is 0 Å². The highest BCUT2D eigenvalue weighted by Gasteiger charge is 2.47. The Bertz CT molecular complexity index is 1170. The van der Waals surface area contributed by atoms with Gasteiger partial charge in [-0.25, -0.2) is 4.79 Å². The molecule has 7 atom stereocenters. The summed E-state index contributed by atoms with van der Waals surface area (Å²) in [5.41, 5.74) is 14.0. The van der Waals surface area contributed by atoms with Crippen LogP contribution in [0.15, 0.2) is 60.7 Å². The molecule has 2 heterocycles. The van der Waals surface area contributed by atoms with Crippen molar-refractivity contribution in [1.29, 1.82) is 0 Å². The van der Waals surface area contributed by atoms with E-state index in [9.17, 15) is 24.9 Å². The first-order valence-electron chi connectivity index (χ1n) is 12.0. The molecule has 1 amide bonds. The van der Waals surface area contributed by atoms with Crippen molar-refractivity contribution < 1.29 is 34.4 Å². The number of hydrogen-bond donors (Lipinski definition) is 7. The van der Waals surface area contributed by atoms with Gasteiger partial charge < -0.3 is 46.6 Å². The van der Waals surface area contributed by atoms with Gasteiger partial charge in [-0.05, 0) is 23.1 Å². The second kappa shape index (κ2) is 11.8. The molecule has 1 saturated heterocycles. The van der Waals surface area contributed by atoms with Gasteiger partial charge >= 0.3 is 5.97 Å². The normalized spacial score (nSPS) is 25.4. The molecular formula is C26H32N4O7. The molecule has 0 saturated carbocycles. The molecule has 1 aliphatic heterocycles. The topological polar surface area (TPSA) is 193 Å². The third-order valence-electron chi connectivity index (χ3n) is 6.47. The zero-order valence-electron chi connectivity index (χ0n) is 20.1. The SMILES string of the molecule is NCC1O[C@@H](C(N)C(=O)N[C@@H](Cc2cc3ccccc3[nH]2)C(=O)OCc2ccccc2)[C@@H](O)[C@@H](O)[C@H]1O. The number of nitrogens with two attached hydrogens (primary N) is 2. The minimum Gasteiger partial charge on any atom is -0.459 e. The lowest BCUT2D eigenvalue weighted by atomic mass is 9.91. The zero-order valence-corrected chi connectivity index (χ0v) is 20.1. The number of benzene rings is 2. The van der Waals surface area contributed by atoms with Crippen LogP contribution in [0.4, 0.5) is 0 Å². The van der Waals surface area contributed by atoms with Crippen molar-refractivity contribution in [3.05, 3.63) is 71.9 Å². The van der Waals surface area contributed by atoms with E-state index >= 15 is 0 Å². The molecule has 2 unspecified atom stereocenters. The molecule has 11 nitrogen and oxygen atoms in total. The Morgan fingerprint density at radius 3 is 2.43 bits per heavy atom. The van der Waals surface area contributed by atoms with E-state index < -0.39 is 54.5 Å². The molecule has 3 aromatic rings. The fourth-order valence-electron chi connectivity index (χ4n) is 4.37. The van der Waals surface area contributed by atoms with Crippen molar-refractivity contribution in [2.45, 2.75) is 55.6 Å². The van der Waals surface area contributed by atoms with Crippen LogP contribution in [0, 0.1) is 0 Å². The minimum atomic E-state index is -1.64. The van der Waals surface area contributed by atoms with E-state index in [0.717, 1.165) is 16.5 Å². The predicted octanol–water partition coefficient (Wildman–Crippen LogP) is -0.925. The summed E-state index contributed by atoms with van der Waals surface area (Å²) in [5.74, 6) is -1.48. The Kier molecular flexibility index (Phi) is 8.54. The summed E-state index contributed by atoms with van der Waals surface area (Å²) in [7, 11) is 0. The Morgan fingerprint density at radius 1 is 1.03 bits per heavy atom. The summed E-state index contributed by atoms with van der Waals surface area (Å²) in [6.45, 7) is -0.151. The van der Waals surface area contributed by atoms with Crippen molar-refractivity contribution in [2.75, 3.05) is 6.54 Å². The van der Waals surface area contributed by atoms with Gasteiger partial charge in [0, 0.05) is 24.2 Å². The van der Waals surface area contributed by atoms with E-state index in [4.69, 9.17) is 20.9 Å². The standard InChI is InChI=1S/C26H32N4O7/c27-12-19-21(31)22(32)23(33)24(37-19)20(28)25(34)30-18(26(35)36-13-14-6-2-1-3-7-14)11-16-10-15-8-4-5-9-17(15)29-16/h1-10,18-24,29,31-33H,11-13,27-28H2,(H,30,34)/t18-,19?,20?,21-,22-,23-,24-/m0/s1. The molecule has 11 heteroatoms. The van der Waals surface area contributed by atoms with Gasteiger partial charge in [-0.15, -0.1) is 0 Å². The molecule has 1 aliphatic rings. The van der Waals surface area contributed by atoms with Gasteiger partial charge in [-0.1, -0.05) is 48.5 Å². The lowest BCUT2D eigenvalue weighted by molar-refractivity contribution is -0.223. The van der Waals surface area contributed by atoms with Crippen LogP contribution in [0.3, 0.4) is 0 Å². The molecule has 0 radical (unpaired) electrons. The number of aliphatic hydroxyl groups is 3. The molecule has 37 heavy (non-hydrogen) atoms. The van der Waals surface area contributed by atoms with Crippen molar-refractivity contribution in [2.24, 2.45) is 11.5 Å². The fraction of sp³-hybridized carbons (Fsp3) is 0.385. The number of H-pyrrole nitrogens is 1. The number of amides is 1. The number of ether oxygens (including phenoxy) is 2. The highest BCUT2D eigenvalue weighted by atomic mass is 16.5. The van der Waals surface area contributed by atoms with Gasteiger partial charge in [0.15, 0.2) is 0 Å². The number of carbonyl (C=O) groups is 2. The van der Waals surface area contributed by atoms with E-state index in [1.165, 1.54) is 0 Å². The lowest BCUT2D eigenvalue weighted by Gasteiger charge is -2.42. The second-order valence-corrected chi connectivity index (χ2v) is 9.11. The van der Waals surface area contributed by atoms with Crippen LogP contribution in [0.25, 0.3) is 10.9 Å². The second-order valence-electron chi connectivity index (χ2n) is 9.11. The summed E-state index contributed by atoms with van der Waals surface area (Å²) >= 11 is 0. The van der Waals surface area contributed by atoms with Crippen LogP contribution in [0.1, 0.15) is 11.3 Å². The number of hydrogen-bond acceptors (Lipinski definition) is 9. The van der Waals surface area contributed by atoms with Crippen molar-refractivity contribution >= 4 is 22.8 Å². The number of carbonyl (C=O) groups excluding carboxylic acids is 2. The van der Waals surface area contributed by atoms with Crippen LogP contribution in [-0.4, -0.2) is 81.3 Å². The van der Waals surface area contributed by atoms with Crippen LogP contribution >= 0.6 is 0 Å². The molecule has 1 aromatic heterocycles. The Morgan fingerprint density at radius 2 is 1.73 bits per heavy atom. The molecule has 1 fully saturated rings.